The van der Waals surface area contributed by atoms with Crippen molar-refractivity contribution in [2.24, 2.45) is 0 Å². The van der Waals surface area contributed by atoms with Gasteiger partial charge in [-0.15, -0.1) is 12.4 Å². The maximum atomic E-state index is 12.0. The minimum absolute atomic E-state index is 0. The van der Waals surface area contributed by atoms with E-state index in [-0.39, 0.29) is 18.3 Å². The first-order valence-corrected chi connectivity index (χ1v) is 7.72. The summed E-state index contributed by atoms with van der Waals surface area (Å²) in [6, 6.07) is 4.44. The van der Waals surface area contributed by atoms with E-state index >= 15 is 0 Å². The van der Waals surface area contributed by atoms with Crippen LogP contribution in [-0.4, -0.2) is 43.5 Å². The zero-order valence-corrected chi connectivity index (χ0v) is 15.4. The van der Waals surface area contributed by atoms with E-state index in [1.165, 1.54) is 0 Å². The predicted octanol–water partition coefficient (Wildman–Crippen LogP) is 2.78. The van der Waals surface area contributed by atoms with E-state index in [1.807, 2.05) is 26.1 Å². The van der Waals surface area contributed by atoms with Crippen LogP contribution < -0.4 is 10.6 Å². The number of aryl methyl sites for hydroxylation is 1. The van der Waals surface area contributed by atoms with Crippen LogP contribution in [0.25, 0.3) is 0 Å². The van der Waals surface area contributed by atoms with Crippen LogP contribution >= 0.6 is 44.3 Å². The highest BCUT2D eigenvalue weighted by atomic mass is 79.9. The second-order valence-corrected chi connectivity index (χ2v) is 6.59. The minimum Gasteiger partial charge on any atom is -0.323 e. The standard InChI is InChI=1S/C13H17Br2N3O.ClH/c1-8-3-10(14)13(11(15)4-8)17-12(19)7-18(2)9-5-16-6-9;/h3-4,9,16H,5-7H2,1-2H3,(H,17,19);1H. The summed E-state index contributed by atoms with van der Waals surface area (Å²) in [5, 5.41) is 6.15. The molecule has 7 heteroatoms. The van der Waals surface area contributed by atoms with Crippen molar-refractivity contribution in [1.82, 2.24) is 10.2 Å². The maximum absolute atomic E-state index is 12.0. The molecule has 20 heavy (non-hydrogen) atoms. The van der Waals surface area contributed by atoms with Crippen molar-refractivity contribution >= 4 is 55.9 Å². The highest BCUT2D eigenvalue weighted by molar-refractivity contribution is 9.11. The SMILES string of the molecule is Cc1cc(Br)c(NC(=O)CN(C)C2CNC2)c(Br)c1.Cl. The summed E-state index contributed by atoms with van der Waals surface area (Å²) in [6.07, 6.45) is 0. The molecule has 0 unspecified atom stereocenters. The summed E-state index contributed by atoms with van der Waals surface area (Å²) in [4.78, 5) is 14.1. The van der Waals surface area contributed by atoms with Gasteiger partial charge in [-0.3, -0.25) is 9.69 Å². The molecule has 1 heterocycles. The van der Waals surface area contributed by atoms with Crippen LogP contribution in [0, 0.1) is 6.92 Å². The first-order valence-electron chi connectivity index (χ1n) is 6.14. The third kappa shape index (κ3) is 4.43. The van der Waals surface area contributed by atoms with Crippen LogP contribution in [0.3, 0.4) is 0 Å². The molecular formula is C13H18Br2ClN3O. The zero-order valence-electron chi connectivity index (χ0n) is 11.4. The number of carbonyl (C=O) groups excluding carboxylic acids is 1. The van der Waals surface area contributed by atoms with Crippen molar-refractivity contribution in [3.63, 3.8) is 0 Å². The molecule has 1 aromatic rings. The van der Waals surface area contributed by atoms with Crippen molar-refractivity contribution in [3.8, 4) is 0 Å². The molecule has 1 aromatic carbocycles. The Morgan fingerprint density at radius 2 is 1.95 bits per heavy atom. The number of benzene rings is 1. The molecule has 1 aliphatic heterocycles. The molecule has 2 N–H and O–H groups in total. The Balaban J connectivity index is 0.00000200. The lowest BCUT2D eigenvalue weighted by Crippen LogP contribution is -2.57. The van der Waals surface area contributed by atoms with Gasteiger partial charge in [-0.2, -0.15) is 0 Å². The smallest absolute Gasteiger partial charge is 0.238 e. The van der Waals surface area contributed by atoms with Gasteiger partial charge in [-0.05, 0) is 63.5 Å². The lowest BCUT2D eigenvalue weighted by Gasteiger charge is -2.35. The van der Waals surface area contributed by atoms with Gasteiger partial charge in [0.1, 0.15) is 0 Å². The van der Waals surface area contributed by atoms with E-state index in [1.54, 1.807) is 0 Å². The molecule has 0 spiro atoms. The molecule has 1 fully saturated rings. The first-order chi connectivity index (χ1) is 8.97. The van der Waals surface area contributed by atoms with Crippen molar-refractivity contribution in [2.75, 3.05) is 32.0 Å². The number of nitrogens with zero attached hydrogens (tertiary/aromatic N) is 1. The van der Waals surface area contributed by atoms with Gasteiger partial charge in [0.05, 0.1) is 12.2 Å². The normalized spacial score (nSPS) is 14.7. The molecule has 0 saturated carbocycles. The number of hydrogen-bond donors (Lipinski definition) is 2. The Morgan fingerprint density at radius 3 is 2.40 bits per heavy atom. The number of hydrogen-bond acceptors (Lipinski definition) is 3. The summed E-state index contributed by atoms with van der Waals surface area (Å²) < 4.78 is 1.78. The number of halogens is 3. The van der Waals surface area contributed by atoms with Gasteiger partial charge in [-0.1, -0.05) is 0 Å². The molecule has 1 saturated heterocycles. The Hall–Kier alpha value is -0.140. The molecule has 4 nitrogen and oxygen atoms in total. The minimum atomic E-state index is -0.000321. The van der Waals surface area contributed by atoms with Crippen LogP contribution in [-0.2, 0) is 4.79 Å². The Kier molecular flexibility index (Phi) is 6.94. The van der Waals surface area contributed by atoms with E-state index in [0.29, 0.717) is 12.6 Å². The van der Waals surface area contributed by atoms with E-state index in [0.717, 1.165) is 33.3 Å². The van der Waals surface area contributed by atoms with Crippen molar-refractivity contribution < 1.29 is 4.79 Å². The van der Waals surface area contributed by atoms with Gasteiger partial charge in [0, 0.05) is 28.1 Å². The fraction of sp³-hybridized carbons (Fsp3) is 0.462. The molecule has 2 rings (SSSR count). The summed E-state index contributed by atoms with van der Waals surface area (Å²) in [6.45, 7) is 4.33. The average Bonchev–Trinajstić information content (AvgIpc) is 2.20. The predicted molar refractivity (Wildman–Crippen MR) is 91.7 cm³/mol. The van der Waals surface area contributed by atoms with Crippen molar-refractivity contribution in [3.05, 3.63) is 26.6 Å². The lowest BCUT2D eigenvalue weighted by atomic mass is 10.1. The van der Waals surface area contributed by atoms with Crippen LogP contribution in [0.2, 0.25) is 0 Å². The van der Waals surface area contributed by atoms with Gasteiger partial charge in [-0.25, -0.2) is 0 Å². The highest BCUT2D eigenvalue weighted by Crippen LogP contribution is 2.32. The summed E-state index contributed by atoms with van der Waals surface area (Å²) in [5.74, 6) is -0.000321. The average molecular weight is 428 g/mol. The topological polar surface area (TPSA) is 44.4 Å². The quantitative estimate of drug-likeness (QED) is 0.777. The lowest BCUT2D eigenvalue weighted by molar-refractivity contribution is -0.117. The number of amides is 1. The fourth-order valence-corrected chi connectivity index (χ4v) is 3.55. The van der Waals surface area contributed by atoms with Crippen LogP contribution in [0.4, 0.5) is 5.69 Å². The van der Waals surface area contributed by atoms with Gasteiger partial charge in [0.2, 0.25) is 5.91 Å². The van der Waals surface area contributed by atoms with E-state index in [9.17, 15) is 4.79 Å². The number of nitrogens with one attached hydrogen (secondary N) is 2. The Bertz CT molecular complexity index is 471. The first kappa shape index (κ1) is 17.9. The third-order valence-corrected chi connectivity index (χ3v) is 4.48. The van der Waals surface area contributed by atoms with Gasteiger partial charge < -0.3 is 10.6 Å². The summed E-state index contributed by atoms with van der Waals surface area (Å²) >= 11 is 6.96. The largest absolute Gasteiger partial charge is 0.323 e. The maximum Gasteiger partial charge on any atom is 0.238 e. The van der Waals surface area contributed by atoms with E-state index in [4.69, 9.17) is 0 Å². The molecule has 0 aromatic heterocycles. The number of rotatable bonds is 4. The molecule has 112 valence electrons. The second-order valence-electron chi connectivity index (χ2n) is 4.88. The van der Waals surface area contributed by atoms with Crippen molar-refractivity contribution in [2.45, 2.75) is 13.0 Å². The van der Waals surface area contributed by atoms with Gasteiger partial charge in [0.15, 0.2) is 0 Å². The van der Waals surface area contributed by atoms with Crippen LogP contribution in [0.5, 0.6) is 0 Å². The third-order valence-electron chi connectivity index (χ3n) is 3.23. The highest BCUT2D eigenvalue weighted by Gasteiger charge is 2.23. The van der Waals surface area contributed by atoms with E-state index in [2.05, 4.69) is 47.4 Å². The number of likely N-dealkylation sites (N-methyl/N-ethyl adjacent to an activating group) is 1. The van der Waals surface area contributed by atoms with Gasteiger partial charge >= 0.3 is 0 Å². The molecule has 0 aliphatic carbocycles. The fourth-order valence-electron chi connectivity index (χ4n) is 1.94. The zero-order chi connectivity index (χ0) is 14.0. The second kappa shape index (κ2) is 7.75. The van der Waals surface area contributed by atoms with Gasteiger partial charge in [0.25, 0.3) is 0 Å². The van der Waals surface area contributed by atoms with Crippen molar-refractivity contribution in [1.29, 1.82) is 0 Å². The molecule has 1 aliphatic rings. The molecule has 0 atom stereocenters. The monoisotopic (exact) mass is 425 g/mol. The molecule has 1 amide bonds. The number of anilines is 1. The Labute approximate surface area is 142 Å². The van der Waals surface area contributed by atoms with Crippen LogP contribution in [0.15, 0.2) is 21.1 Å². The molecule has 0 bridgehead atoms. The van der Waals surface area contributed by atoms with E-state index < -0.39 is 0 Å². The molecular weight excluding hydrogens is 409 g/mol. The molecule has 0 radical (unpaired) electrons. The summed E-state index contributed by atoms with van der Waals surface area (Å²) in [5.41, 5.74) is 1.92. The number of carbonyl (C=O) groups is 1. The summed E-state index contributed by atoms with van der Waals surface area (Å²) in [7, 11) is 1.98. The van der Waals surface area contributed by atoms with Crippen LogP contribution in [0.1, 0.15) is 5.56 Å². The Morgan fingerprint density at radius 1 is 1.40 bits per heavy atom.